The van der Waals surface area contributed by atoms with E-state index in [4.69, 9.17) is 9.47 Å². The quantitative estimate of drug-likeness (QED) is 0.646. The van der Waals surface area contributed by atoms with E-state index in [0.717, 1.165) is 16.1 Å². The fraction of sp³-hybridized carbons (Fsp3) is 0.350. The summed E-state index contributed by atoms with van der Waals surface area (Å²) < 4.78 is 36.3. The van der Waals surface area contributed by atoms with Gasteiger partial charge in [-0.2, -0.15) is 0 Å². The van der Waals surface area contributed by atoms with Crippen LogP contribution in [0, 0.1) is 6.92 Å². The molecule has 7 nitrogen and oxygen atoms in total. The topological polar surface area (TPSA) is 84.9 Å². The SMILES string of the molecule is COc1cccc(OCCNC(=O)[C@@H](C)N(c2ccc(C)cc2)S(C)(=O)=O)c1. The molecule has 0 unspecified atom stereocenters. The van der Waals surface area contributed by atoms with Gasteiger partial charge < -0.3 is 14.8 Å². The molecule has 1 N–H and O–H groups in total. The number of aryl methyl sites for hydroxylation is 1. The minimum atomic E-state index is -3.63. The number of nitrogens with zero attached hydrogens (tertiary/aromatic N) is 1. The third-order valence-corrected chi connectivity index (χ3v) is 5.33. The predicted octanol–water partition coefficient (Wildman–Crippen LogP) is 2.35. The smallest absolute Gasteiger partial charge is 0.243 e. The van der Waals surface area contributed by atoms with E-state index in [1.165, 1.54) is 0 Å². The van der Waals surface area contributed by atoms with Crippen LogP contribution < -0.4 is 19.1 Å². The molecule has 28 heavy (non-hydrogen) atoms. The molecule has 0 aliphatic carbocycles. The fourth-order valence-corrected chi connectivity index (χ4v) is 3.86. The summed E-state index contributed by atoms with van der Waals surface area (Å²) in [5.74, 6) is 0.899. The minimum absolute atomic E-state index is 0.242. The number of rotatable bonds is 9. The van der Waals surface area contributed by atoms with Gasteiger partial charge in [-0.1, -0.05) is 23.8 Å². The number of ether oxygens (including phenoxy) is 2. The molecule has 1 atom stereocenters. The van der Waals surface area contributed by atoms with Crippen LogP contribution in [0.2, 0.25) is 0 Å². The molecule has 0 saturated heterocycles. The predicted molar refractivity (Wildman–Crippen MR) is 109 cm³/mol. The number of sulfonamides is 1. The molecule has 0 spiro atoms. The number of anilines is 1. The van der Waals surface area contributed by atoms with Gasteiger partial charge in [0.05, 0.1) is 25.6 Å². The molecule has 8 heteroatoms. The third kappa shape index (κ3) is 5.88. The van der Waals surface area contributed by atoms with E-state index in [1.54, 1.807) is 62.6 Å². The van der Waals surface area contributed by atoms with Crippen molar-refractivity contribution in [3.8, 4) is 11.5 Å². The normalized spacial score (nSPS) is 12.1. The van der Waals surface area contributed by atoms with Crippen LogP contribution >= 0.6 is 0 Å². The van der Waals surface area contributed by atoms with Crippen LogP contribution in [-0.4, -0.2) is 46.9 Å². The molecule has 152 valence electrons. The number of benzene rings is 2. The Morgan fingerprint density at radius 3 is 2.39 bits per heavy atom. The number of carbonyl (C=O) groups excluding carboxylic acids is 1. The maximum absolute atomic E-state index is 12.5. The molecule has 0 aliphatic heterocycles. The van der Waals surface area contributed by atoms with Crippen molar-refractivity contribution in [1.82, 2.24) is 5.32 Å². The number of hydrogen-bond donors (Lipinski definition) is 1. The van der Waals surface area contributed by atoms with E-state index >= 15 is 0 Å². The second kappa shape index (κ2) is 9.45. The van der Waals surface area contributed by atoms with Crippen molar-refractivity contribution in [3.63, 3.8) is 0 Å². The van der Waals surface area contributed by atoms with E-state index in [2.05, 4.69) is 5.32 Å². The van der Waals surface area contributed by atoms with Crippen molar-refractivity contribution >= 4 is 21.6 Å². The van der Waals surface area contributed by atoms with E-state index in [0.29, 0.717) is 17.2 Å². The third-order valence-electron chi connectivity index (χ3n) is 4.09. The summed E-state index contributed by atoms with van der Waals surface area (Å²) in [5.41, 5.74) is 1.45. The lowest BCUT2D eigenvalue weighted by Crippen LogP contribution is -2.48. The Hall–Kier alpha value is -2.74. The van der Waals surface area contributed by atoms with Crippen molar-refractivity contribution < 1.29 is 22.7 Å². The van der Waals surface area contributed by atoms with Gasteiger partial charge in [0.2, 0.25) is 15.9 Å². The number of carbonyl (C=O) groups is 1. The first-order valence-corrected chi connectivity index (χ1v) is 10.7. The van der Waals surface area contributed by atoms with Crippen LogP contribution in [0.25, 0.3) is 0 Å². The molecule has 0 heterocycles. The monoisotopic (exact) mass is 406 g/mol. The maximum Gasteiger partial charge on any atom is 0.243 e. The average molecular weight is 407 g/mol. The highest BCUT2D eigenvalue weighted by Crippen LogP contribution is 2.21. The summed E-state index contributed by atoms with van der Waals surface area (Å²) in [5, 5.41) is 2.71. The molecule has 2 rings (SSSR count). The molecule has 0 radical (unpaired) electrons. The van der Waals surface area contributed by atoms with Gasteiger partial charge in [0.15, 0.2) is 0 Å². The van der Waals surface area contributed by atoms with Crippen LogP contribution in [0.3, 0.4) is 0 Å². The lowest BCUT2D eigenvalue weighted by molar-refractivity contribution is -0.121. The zero-order valence-electron chi connectivity index (χ0n) is 16.5. The van der Waals surface area contributed by atoms with Crippen LogP contribution in [0.1, 0.15) is 12.5 Å². The molecule has 1 amide bonds. The van der Waals surface area contributed by atoms with Crippen molar-refractivity contribution in [2.24, 2.45) is 0 Å². The van der Waals surface area contributed by atoms with Gasteiger partial charge in [0.25, 0.3) is 0 Å². The van der Waals surface area contributed by atoms with Crippen molar-refractivity contribution in [1.29, 1.82) is 0 Å². The lowest BCUT2D eigenvalue weighted by Gasteiger charge is -2.28. The van der Waals surface area contributed by atoms with Crippen LogP contribution in [0.15, 0.2) is 48.5 Å². The molecule has 0 bridgehead atoms. The van der Waals surface area contributed by atoms with Gasteiger partial charge in [0.1, 0.15) is 24.1 Å². The van der Waals surface area contributed by atoms with Gasteiger partial charge >= 0.3 is 0 Å². The molecule has 0 saturated carbocycles. The Kier molecular flexibility index (Phi) is 7.28. The summed E-state index contributed by atoms with van der Waals surface area (Å²) in [4.78, 5) is 12.5. The first kappa shape index (κ1) is 21.6. The average Bonchev–Trinajstić information content (AvgIpc) is 2.65. The number of amides is 1. The van der Waals surface area contributed by atoms with Gasteiger partial charge in [0, 0.05) is 6.07 Å². The van der Waals surface area contributed by atoms with E-state index in [-0.39, 0.29) is 13.2 Å². The van der Waals surface area contributed by atoms with Crippen LogP contribution in [-0.2, 0) is 14.8 Å². The Labute approximate surface area is 166 Å². The van der Waals surface area contributed by atoms with Gasteiger partial charge in [-0.05, 0) is 38.1 Å². The largest absolute Gasteiger partial charge is 0.497 e. The first-order chi connectivity index (χ1) is 13.2. The number of hydrogen-bond acceptors (Lipinski definition) is 5. The Morgan fingerprint density at radius 2 is 1.79 bits per heavy atom. The highest BCUT2D eigenvalue weighted by molar-refractivity contribution is 7.92. The second-order valence-electron chi connectivity index (χ2n) is 6.39. The molecule has 2 aromatic carbocycles. The highest BCUT2D eigenvalue weighted by Gasteiger charge is 2.28. The van der Waals surface area contributed by atoms with Crippen molar-refractivity contribution in [3.05, 3.63) is 54.1 Å². The van der Waals surface area contributed by atoms with E-state index in [1.807, 2.05) is 6.92 Å². The fourth-order valence-electron chi connectivity index (χ4n) is 2.68. The zero-order chi connectivity index (χ0) is 20.7. The maximum atomic E-state index is 12.5. The van der Waals surface area contributed by atoms with Crippen LogP contribution in [0.5, 0.6) is 11.5 Å². The number of nitrogens with one attached hydrogen (secondary N) is 1. The molecule has 0 fully saturated rings. The number of methoxy groups -OCH3 is 1. The summed E-state index contributed by atoms with van der Waals surface area (Å²) in [7, 11) is -2.06. The molecular weight excluding hydrogens is 380 g/mol. The first-order valence-electron chi connectivity index (χ1n) is 8.83. The minimum Gasteiger partial charge on any atom is -0.497 e. The van der Waals surface area contributed by atoms with Crippen molar-refractivity contribution in [2.45, 2.75) is 19.9 Å². The Bertz CT molecular complexity index is 897. The summed E-state index contributed by atoms with van der Waals surface area (Å²) in [6.45, 7) is 3.95. The lowest BCUT2D eigenvalue weighted by atomic mass is 10.2. The zero-order valence-corrected chi connectivity index (χ0v) is 17.3. The molecule has 0 aliphatic rings. The van der Waals surface area contributed by atoms with E-state index < -0.39 is 22.0 Å². The van der Waals surface area contributed by atoms with Gasteiger partial charge in [-0.15, -0.1) is 0 Å². The summed E-state index contributed by atoms with van der Waals surface area (Å²) >= 11 is 0. The van der Waals surface area contributed by atoms with Gasteiger partial charge in [-0.25, -0.2) is 8.42 Å². The second-order valence-corrected chi connectivity index (χ2v) is 8.25. The Balaban J connectivity index is 1.96. The highest BCUT2D eigenvalue weighted by atomic mass is 32.2. The Morgan fingerprint density at radius 1 is 1.14 bits per heavy atom. The van der Waals surface area contributed by atoms with E-state index in [9.17, 15) is 13.2 Å². The molecule has 2 aromatic rings. The standard InChI is InChI=1S/C20H26N2O5S/c1-15-8-10-17(11-9-15)22(28(4,24)25)16(2)20(23)21-12-13-27-19-7-5-6-18(14-19)26-3/h5-11,14,16H,12-13H2,1-4H3,(H,21,23)/t16-/m1/s1. The van der Waals surface area contributed by atoms with Gasteiger partial charge in [-0.3, -0.25) is 9.10 Å². The van der Waals surface area contributed by atoms with Crippen LogP contribution in [0.4, 0.5) is 5.69 Å². The molecule has 0 aromatic heterocycles. The summed E-state index contributed by atoms with van der Waals surface area (Å²) in [6, 6.07) is 13.2. The summed E-state index contributed by atoms with van der Waals surface area (Å²) in [6.07, 6.45) is 1.09. The molecular formula is C20H26N2O5S. The van der Waals surface area contributed by atoms with Crippen molar-refractivity contribution in [2.75, 3.05) is 30.8 Å².